The Hall–Kier alpha value is -1.56. The Morgan fingerprint density at radius 2 is 1.94 bits per heavy atom. The highest BCUT2D eigenvalue weighted by Crippen LogP contribution is 2.19. The van der Waals surface area contributed by atoms with E-state index >= 15 is 0 Å². The summed E-state index contributed by atoms with van der Waals surface area (Å²) in [6.07, 6.45) is 1.24. The summed E-state index contributed by atoms with van der Waals surface area (Å²) in [4.78, 5) is 1.56. The van der Waals surface area contributed by atoms with Crippen LogP contribution in [0, 0.1) is 13.8 Å². The molecule has 1 aromatic carbocycles. The van der Waals surface area contributed by atoms with Gasteiger partial charge < -0.3 is 4.90 Å². The highest BCUT2D eigenvalue weighted by atomic mass is 32.2. The number of nitrogens with one attached hydrogen (secondary N) is 1. The van der Waals surface area contributed by atoms with E-state index < -0.39 is 10.2 Å². The predicted octanol–water partition coefficient (Wildman–Crippen LogP) is 1.55. The summed E-state index contributed by atoms with van der Waals surface area (Å²) in [5.41, 5.74) is 2.49. The number of nitrogens with zero attached hydrogens (tertiary/aromatic N) is 2. The van der Waals surface area contributed by atoms with Crippen molar-refractivity contribution in [3.63, 3.8) is 0 Å². The predicted molar refractivity (Wildman–Crippen MR) is 70.6 cm³/mol. The van der Waals surface area contributed by atoms with E-state index in [0.717, 1.165) is 11.1 Å². The number of hydrogen-bond donors (Lipinski definition) is 1. The zero-order valence-corrected chi connectivity index (χ0v) is 11.2. The Morgan fingerprint density at radius 3 is 2.53 bits per heavy atom. The molecule has 0 unspecified atom stereocenters. The van der Waals surface area contributed by atoms with Crippen LogP contribution in [0.1, 0.15) is 11.1 Å². The van der Waals surface area contributed by atoms with E-state index in [1.165, 1.54) is 6.34 Å². The van der Waals surface area contributed by atoms with Gasteiger partial charge in [0.25, 0.3) is 0 Å². The highest BCUT2D eigenvalue weighted by Gasteiger charge is 2.09. The lowest BCUT2D eigenvalue weighted by Gasteiger charge is -2.09. The van der Waals surface area contributed by atoms with Crippen molar-refractivity contribution in [1.82, 2.24) is 4.90 Å². The Balaban J connectivity index is 2.95. The molecule has 17 heavy (non-hydrogen) atoms. The molecule has 0 amide bonds. The van der Waals surface area contributed by atoms with Crippen LogP contribution >= 0.6 is 0 Å². The Labute approximate surface area is 102 Å². The van der Waals surface area contributed by atoms with Crippen LogP contribution < -0.4 is 4.72 Å². The van der Waals surface area contributed by atoms with Gasteiger partial charge in [-0.1, -0.05) is 12.1 Å². The van der Waals surface area contributed by atoms with Gasteiger partial charge in [-0.05, 0) is 31.0 Å². The van der Waals surface area contributed by atoms with Gasteiger partial charge in [0.1, 0.15) is 6.34 Å². The third-order valence-electron chi connectivity index (χ3n) is 2.26. The van der Waals surface area contributed by atoms with Gasteiger partial charge in [0.2, 0.25) is 0 Å². The maximum absolute atomic E-state index is 11.6. The number of rotatable bonds is 4. The SMILES string of the molecule is Cc1cccc(NS(=O)(=O)N=CN(C)C)c1C. The van der Waals surface area contributed by atoms with Gasteiger partial charge in [0.15, 0.2) is 0 Å². The lowest BCUT2D eigenvalue weighted by molar-refractivity contribution is 0.599. The lowest BCUT2D eigenvalue weighted by atomic mass is 10.1. The molecule has 0 aliphatic heterocycles. The number of benzene rings is 1. The molecule has 0 saturated carbocycles. The molecule has 0 aromatic heterocycles. The van der Waals surface area contributed by atoms with Gasteiger partial charge in [0, 0.05) is 14.1 Å². The second-order valence-electron chi connectivity index (χ2n) is 4.01. The highest BCUT2D eigenvalue weighted by molar-refractivity contribution is 7.91. The molecule has 6 heteroatoms. The van der Waals surface area contributed by atoms with Crippen LogP contribution in [0.5, 0.6) is 0 Å². The molecule has 1 aromatic rings. The smallest absolute Gasteiger partial charge is 0.343 e. The summed E-state index contributed by atoms with van der Waals surface area (Å²) >= 11 is 0. The average molecular weight is 255 g/mol. The van der Waals surface area contributed by atoms with Crippen molar-refractivity contribution in [1.29, 1.82) is 0 Å². The van der Waals surface area contributed by atoms with E-state index in [9.17, 15) is 8.42 Å². The standard InChI is InChI=1S/C11H17N3O2S/c1-9-6-5-7-11(10(9)2)13-17(15,16)12-8-14(3)4/h5-8,13H,1-4H3. The molecule has 5 nitrogen and oxygen atoms in total. The Bertz CT molecular complexity index is 522. The van der Waals surface area contributed by atoms with Crippen molar-refractivity contribution in [3.8, 4) is 0 Å². The van der Waals surface area contributed by atoms with Gasteiger partial charge in [0.05, 0.1) is 5.69 Å². The molecule has 1 rings (SSSR count). The largest absolute Gasteiger partial charge is 0.368 e. The average Bonchev–Trinajstić information content (AvgIpc) is 2.22. The van der Waals surface area contributed by atoms with Crippen LogP contribution in [-0.4, -0.2) is 33.8 Å². The molecular weight excluding hydrogens is 238 g/mol. The molecule has 0 bridgehead atoms. The van der Waals surface area contributed by atoms with Crippen molar-refractivity contribution in [2.45, 2.75) is 13.8 Å². The van der Waals surface area contributed by atoms with Crippen LogP contribution in [0.25, 0.3) is 0 Å². The van der Waals surface area contributed by atoms with Crippen molar-refractivity contribution in [2.24, 2.45) is 4.40 Å². The summed E-state index contributed by atoms with van der Waals surface area (Å²) in [6.45, 7) is 3.79. The maximum atomic E-state index is 11.6. The van der Waals surface area contributed by atoms with Gasteiger partial charge >= 0.3 is 10.2 Å². The van der Waals surface area contributed by atoms with Crippen molar-refractivity contribution in [2.75, 3.05) is 18.8 Å². The molecule has 0 spiro atoms. The number of aryl methyl sites for hydroxylation is 1. The van der Waals surface area contributed by atoms with Crippen LogP contribution in [0.15, 0.2) is 22.6 Å². The Kier molecular flexibility index (Phi) is 4.11. The molecule has 0 saturated heterocycles. The summed E-state index contributed by atoms with van der Waals surface area (Å²) in [5, 5.41) is 0. The van der Waals surface area contributed by atoms with Crippen LogP contribution in [0.4, 0.5) is 5.69 Å². The second kappa shape index (κ2) is 5.18. The minimum Gasteiger partial charge on any atom is -0.368 e. The summed E-state index contributed by atoms with van der Waals surface area (Å²) < 4.78 is 29.2. The van der Waals surface area contributed by atoms with E-state index in [4.69, 9.17) is 0 Å². The molecule has 0 aliphatic rings. The van der Waals surface area contributed by atoms with E-state index in [-0.39, 0.29) is 0 Å². The second-order valence-corrected chi connectivity index (χ2v) is 5.37. The minimum atomic E-state index is -3.69. The number of hydrogen-bond acceptors (Lipinski definition) is 2. The molecule has 94 valence electrons. The molecule has 0 fully saturated rings. The molecule has 0 radical (unpaired) electrons. The quantitative estimate of drug-likeness (QED) is 0.656. The summed E-state index contributed by atoms with van der Waals surface area (Å²) in [5.74, 6) is 0. The third kappa shape index (κ3) is 4.07. The summed E-state index contributed by atoms with van der Waals surface area (Å²) in [6, 6.07) is 5.44. The monoisotopic (exact) mass is 255 g/mol. The van der Waals surface area contributed by atoms with E-state index in [1.54, 1.807) is 31.1 Å². The fourth-order valence-corrected chi connectivity index (χ4v) is 2.05. The van der Waals surface area contributed by atoms with Gasteiger partial charge in [-0.2, -0.15) is 8.42 Å². The van der Waals surface area contributed by atoms with E-state index in [2.05, 4.69) is 9.12 Å². The minimum absolute atomic E-state index is 0.556. The first-order valence-corrected chi connectivity index (χ1v) is 6.56. The van der Waals surface area contributed by atoms with Crippen LogP contribution in [-0.2, 0) is 10.2 Å². The molecule has 0 atom stereocenters. The topological polar surface area (TPSA) is 61.8 Å². The first-order chi connectivity index (χ1) is 7.82. The number of anilines is 1. The summed E-state index contributed by atoms with van der Waals surface area (Å²) in [7, 11) is -0.281. The van der Waals surface area contributed by atoms with Gasteiger partial charge in [-0.15, -0.1) is 4.40 Å². The van der Waals surface area contributed by atoms with Crippen LogP contribution in [0.3, 0.4) is 0 Å². The Morgan fingerprint density at radius 1 is 1.29 bits per heavy atom. The van der Waals surface area contributed by atoms with E-state index in [1.807, 2.05) is 19.9 Å². The molecule has 0 aliphatic carbocycles. The van der Waals surface area contributed by atoms with Crippen molar-refractivity contribution in [3.05, 3.63) is 29.3 Å². The first kappa shape index (κ1) is 13.5. The molecule has 1 N–H and O–H groups in total. The van der Waals surface area contributed by atoms with Gasteiger partial charge in [-0.25, -0.2) is 0 Å². The normalized spacial score (nSPS) is 11.8. The zero-order valence-electron chi connectivity index (χ0n) is 10.4. The fourth-order valence-electron chi connectivity index (χ4n) is 1.18. The van der Waals surface area contributed by atoms with Gasteiger partial charge in [-0.3, -0.25) is 4.72 Å². The zero-order chi connectivity index (χ0) is 13.1. The maximum Gasteiger partial charge on any atom is 0.343 e. The molecule has 0 heterocycles. The first-order valence-electron chi connectivity index (χ1n) is 5.12. The fraction of sp³-hybridized carbons (Fsp3) is 0.364. The third-order valence-corrected chi connectivity index (χ3v) is 3.11. The van der Waals surface area contributed by atoms with Crippen molar-refractivity contribution < 1.29 is 8.42 Å². The molecular formula is C11H17N3O2S. The van der Waals surface area contributed by atoms with Crippen LogP contribution in [0.2, 0.25) is 0 Å². The van der Waals surface area contributed by atoms with Crippen molar-refractivity contribution >= 4 is 22.2 Å². The van der Waals surface area contributed by atoms with E-state index in [0.29, 0.717) is 5.69 Å². The lowest BCUT2D eigenvalue weighted by Crippen LogP contribution is -2.15.